The Labute approximate surface area is 203 Å². The summed E-state index contributed by atoms with van der Waals surface area (Å²) in [7, 11) is 1.35. The molecule has 2 aromatic rings. The first-order chi connectivity index (χ1) is 15.5. The first-order valence-electron chi connectivity index (χ1n) is 11.1. The van der Waals surface area contributed by atoms with E-state index in [2.05, 4.69) is 12.2 Å². The minimum absolute atomic E-state index is 0.287. The van der Waals surface area contributed by atoms with Crippen molar-refractivity contribution in [3.05, 3.63) is 43.7 Å². The molecule has 0 saturated heterocycles. The third kappa shape index (κ3) is 5.97. The van der Waals surface area contributed by atoms with Gasteiger partial charge in [0.1, 0.15) is 5.00 Å². The Bertz CT molecular complexity index is 950. The molecule has 1 amide bonds. The van der Waals surface area contributed by atoms with Gasteiger partial charge in [-0.3, -0.25) is 4.79 Å². The van der Waals surface area contributed by atoms with Gasteiger partial charge in [0.25, 0.3) is 5.91 Å². The number of carbonyl (C=O) groups is 2. The van der Waals surface area contributed by atoms with Gasteiger partial charge in [0.05, 0.1) is 29.3 Å². The number of rotatable bonds is 10. The second-order valence-corrected chi connectivity index (χ2v) is 9.81. The second kappa shape index (κ2) is 11.9. The van der Waals surface area contributed by atoms with Crippen LogP contribution in [-0.2, 0) is 17.6 Å². The molecule has 1 N–H and O–H groups in total. The average Bonchev–Trinajstić information content (AvgIpc) is 3.14. The van der Waals surface area contributed by atoms with Crippen LogP contribution >= 0.6 is 34.5 Å². The molecule has 1 aliphatic carbocycles. The lowest BCUT2D eigenvalue weighted by Crippen LogP contribution is -2.15. The molecule has 1 aliphatic rings. The van der Waals surface area contributed by atoms with E-state index in [9.17, 15) is 9.59 Å². The van der Waals surface area contributed by atoms with Crippen LogP contribution in [-0.4, -0.2) is 25.6 Å². The highest BCUT2D eigenvalue weighted by Crippen LogP contribution is 2.39. The third-order valence-corrected chi connectivity index (χ3v) is 7.31. The molecule has 0 radical (unpaired) electrons. The molecule has 0 spiro atoms. The van der Waals surface area contributed by atoms with Gasteiger partial charge < -0.3 is 14.8 Å². The van der Waals surface area contributed by atoms with Crippen molar-refractivity contribution >= 4 is 51.4 Å². The van der Waals surface area contributed by atoms with Gasteiger partial charge in [0.2, 0.25) is 0 Å². The molecule has 0 saturated carbocycles. The Hall–Kier alpha value is -1.76. The minimum atomic E-state index is -0.432. The number of hydrogen-bond acceptors (Lipinski definition) is 5. The van der Waals surface area contributed by atoms with E-state index < -0.39 is 5.97 Å². The van der Waals surface area contributed by atoms with E-state index >= 15 is 0 Å². The first kappa shape index (κ1) is 24.9. The van der Waals surface area contributed by atoms with Crippen molar-refractivity contribution in [2.24, 2.45) is 0 Å². The highest BCUT2D eigenvalue weighted by atomic mass is 35.5. The lowest BCUT2D eigenvalue weighted by molar-refractivity contribution is 0.0601. The van der Waals surface area contributed by atoms with Gasteiger partial charge >= 0.3 is 5.97 Å². The summed E-state index contributed by atoms with van der Waals surface area (Å²) >= 11 is 14.2. The summed E-state index contributed by atoms with van der Waals surface area (Å²) in [6.45, 7) is 2.70. The van der Waals surface area contributed by atoms with Crippen LogP contribution in [0.25, 0.3) is 0 Å². The molecule has 174 valence electrons. The highest BCUT2D eigenvalue weighted by Gasteiger charge is 2.27. The molecule has 0 atom stereocenters. The SMILES string of the molecule is CCCCCCCOc1c(Cl)cc(C(=O)Nc2sc3c(c2C(=O)OC)CCCC3)cc1Cl. The number of halogens is 2. The minimum Gasteiger partial charge on any atom is -0.490 e. The molecule has 8 heteroatoms. The van der Waals surface area contributed by atoms with Crippen LogP contribution in [0.5, 0.6) is 5.75 Å². The number of amides is 1. The van der Waals surface area contributed by atoms with Crippen molar-refractivity contribution in [1.82, 2.24) is 0 Å². The van der Waals surface area contributed by atoms with E-state index in [1.807, 2.05) is 0 Å². The first-order valence-corrected chi connectivity index (χ1v) is 12.7. The summed E-state index contributed by atoms with van der Waals surface area (Å²) in [5, 5.41) is 3.95. The molecule has 1 heterocycles. The number of methoxy groups -OCH3 is 1. The van der Waals surface area contributed by atoms with Gasteiger partial charge in [-0.1, -0.05) is 55.8 Å². The van der Waals surface area contributed by atoms with Crippen LogP contribution in [0.2, 0.25) is 10.0 Å². The van der Waals surface area contributed by atoms with Crippen LogP contribution in [0.3, 0.4) is 0 Å². The lowest BCUT2D eigenvalue weighted by atomic mass is 9.95. The highest BCUT2D eigenvalue weighted by molar-refractivity contribution is 7.17. The predicted octanol–water partition coefficient (Wildman–Crippen LogP) is 7.32. The number of unbranched alkanes of at least 4 members (excludes halogenated alkanes) is 4. The van der Waals surface area contributed by atoms with Crippen molar-refractivity contribution in [3.63, 3.8) is 0 Å². The smallest absolute Gasteiger partial charge is 0.341 e. The summed E-state index contributed by atoms with van der Waals surface area (Å²) in [5.74, 6) is -0.427. The summed E-state index contributed by atoms with van der Waals surface area (Å²) in [6, 6.07) is 3.08. The summed E-state index contributed by atoms with van der Waals surface area (Å²) in [6.07, 6.45) is 9.42. The number of esters is 1. The molecular weight excluding hydrogens is 469 g/mol. The molecule has 32 heavy (non-hydrogen) atoms. The number of aryl methyl sites for hydroxylation is 1. The molecule has 0 unspecified atom stereocenters. The molecule has 0 bridgehead atoms. The van der Waals surface area contributed by atoms with Gasteiger partial charge in [0, 0.05) is 10.4 Å². The maximum Gasteiger partial charge on any atom is 0.341 e. The van der Waals surface area contributed by atoms with Crippen molar-refractivity contribution in [2.45, 2.75) is 64.7 Å². The van der Waals surface area contributed by atoms with E-state index in [0.29, 0.717) is 28.5 Å². The van der Waals surface area contributed by atoms with Gasteiger partial charge in [-0.15, -0.1) is 11.3 Å². The van der Waals surface area contributed by atoms with E-state index in [0.717, 1.165) is 49.0 Å². The topological polar surface area (TPSA) is 64.6 Å². The summed E-state index contributed by atoms with van der Waals surface area (Å²) in [5.41, 5.74) is 1.75. The van der Waals surface area contributed by atoms with Crippen molar-refractivity contribution in [2.75, 3.05) is 19.0 Å². The molecule has 5 nitrogen and oxygen atoms in total. The molecule has 1 aromatic heterocycles. The Morgan fingerprint density at radius 1 is 1.06 bits per heavy atom. The number of benzene rings is 1. The fraction of sp³-hybridized carbons (Fsp3) is 0.500. The number of anilines is 1. The molecule has 3 rings (SSSR count). The Morgan fingerprint density at radius 3 is 2.44 bits per heavy atom. The van der Waals surface area contributed by atoms with Gasteiger partial charge in [-0.25, -0.2) is 4.79 Å². The zero-order chi connectivity index (χ0) is 23.1. The Morgan fingerprint density at radius 2 is 1.75 bits per heavy atom. The maximum atomic E-state index is 13.0. The average molecular weight is 498 g/mol. The standard InChI is InChI=1S/C24H29Cl2NO4S/c1-3-4-5-6-9-12-31-21-17(25)13-15(14-18(21)26)22(28)27-23-20(24(29)30-2)16-10-7-8-11-19(16)32-23/h13-14H,3-12H2,1-2H3,(H,27,28). The lowest BCUT2D eigenvalue weighted by Gasteiger charge is -2.13. The van der Waals surface area contributed by atoms with Gasteiger partial charge in [-0.05, 0) is 49.8 Å². The van der Waals surface area contributed by atoms with E-state index in [-0.39, 0.29) is 16.0 Å². The predicted molar refractivity (Wildman–Crippen MR) is 131 cm³/mol. The molecular formula is C24H29Cl2NO4S. The number of fused-ring (bicyclic) bond motifs is 1. The van der Waals surface area contributed by atoms with Crippen molar-refractivity contribution < 1.29 is 19.1 Å². The quantitative estimate of drug-likeness (QED) is 0.275. The maximum absolute atomic E-state index is 13.0. The Kier molecular flexibility index (Phi) is 9.26. The fourth-order valence-corrected chi connectivity index (χ4v) is 5.72. The van der Waals surface area contributed by atoms with Crippen molar-refractivity contribution in [1.29, 1.82) is 0 Å². The second-order valence-electron chi connectivity index (χ2n) is 7.89. The van der Waals surface area contributed by atoms with E-state index in [1.54, 1.807) is 12.1 Å². The zero-order valence-electron chi connectivity index (χ0n) is 18.5. The fourth-order valence-electron chi connectivity index (χ4n) is 3.86. The number of thiophene rings is 1. The molecule has 1 aromatic carbocycles. The van der Waals surface area contributed by atoms with Crippen molar-refractivity contribution in [3.8, 4) is 5.75 Å². The summed E-state index contributed by atoms with van der Waals surface area (Å²) in [4.78, 5) is 26.5. The normalized spacial score (nSPS) is 12.9. The van der Waals surface area contributed by atoms with Gasteiger partial charge in [0.15, 0.2) is 5.75 Å². The van der Waals surface area contributed by atoms with Crippen LogP contribution in [0.1, 0.15) is 83.0 Å². The largest absolute Gasteiger partial charge is 0.490 e. The Balaban J connectivity index is 1.72. The third-order valence-electron chi connectivity index (χ3n) is 5.54. The van der Waals surface area contributed by atoms with Gasteiger partial charge in [-0.2, -0.15) is 0 Å². The van der Waals surface area contributed by atoms with E-state index in [4.69, 9.17) is 32.7 Å². The van der Waals surface area contributed by atoms with E-state index in [1.165, 1.54) is 37.7 Å². The molecule has 0 aliphatic heterocycles. The zero-order valence-corrected chi connectivity index (χ0v) is 20.9. The molecule has 0 fully saturated rings. The van der Waals surface area contributed by atoms with Crippen LogP contribution in [0.15, 0.2) is 12.1 Å². The number of carbonyl (C=O) groups excluding carboxylic acids is 2. The van der Waals surface area contributed by atoms with Crippen LogP contribution < -0.4 is 10.1 Å². The number of ether oxygens (including phenoxy) is 2. The summed E-state index contributed by atoms with van der Waals surface area (Å²) < 4.78 is 10.7. The van der Waals surface area contributed by atoms with Crippen LogP contribution in [0.4, 0.5) is 5.00 Å². The number of nitrogens with one attached hydrogen (secondary N) is 1. The number of hydrogen-bond donors (Lipinski definition) is 1. The van der Waals surface area contributed by atoms with Crippen LogP contribution in [0, 0.1) is 0 Å². The monoisotopic (exact) mass is 497 g/mol.